The van der Waals surface area contributed by atoms with E-state index in [9.17, 15) is 0 Å². The lowest BCUT2D eigenvalue weighted by atomic mass is 10.1. The van der Waals surface area contributed by atoms with Crippen molar-refractivity contribution in [2.75, 3.05) is 31.1 Å². The third kappa shape index (κ3) is 3.47. The summed E-state index contributed by atoms with van der Waals surface area (Å²) in [5.41, 5.74) is 6.96. The Morgan fingerprint density at radius 1 is 1.48 bits per heavy atom. The number of anilines is 1. The molecule has 1 aromatic rings. The van der Waals surface area contributed by atoms with Gasteiger partial charge in [-0.3, -0.25) is 4.90 Å². The molecule has 0 spiro atoms. The number of hydrogen-bond donors (Lipinski definition) is 2. The molecule has 0 bridgehead atoms. The van der Waals surface area contributed by atoms with Crippen molar-refractivity contribution in [3.63, 3.8) is 0 Å². The van der Waals surface area contributed by atoms with E-state index in [0.29, 0.717) is 5.84 Å². The molecule has 1 atom stereocenters. The lowest BCUT2D eigenvalue weighted by Crippen LogP contribution is -2.54. The molecule has 116 valence electrons. The quantitative estimate of drug-likeness (QED) is 0.372. The molecule has 21 heavy (non-hydrogen) atoms. The molecular formula is C14H22BrN5O. The van der Waals surface area contributed by atoms with Crippen LogP contribution in [0.25, 0.3) is 0 Å². The molecular weight excluding hydrogens is 334 g/mol. The predicted molar refractivity (Wildman–Crippen MR) is 87.9 cm³/mol. The Kier molecular flexibility index (Phi) is 5.41. The van der Waals surface area contributed by atoms with Crippen LogP contribution in [0.2, 0.25) is 0 Å². The van der Waals surface area contributed by atoms with Gasteiger partial charge in [0, 0.05) is 32.4 Å². The third-order valence-electron chi connectivity index (χ3n) is 3.96. The maximum absolute atomic E-state index is 8.87. The van der Waals surface area contributed by atoms with Gasteiger partial charge >= 0.3 is 0 Å². The molecule has 6 nitrogen and oxygen atoms in total. The van der Waals surface area contributed by atoms with Gasteiger partial charge in [0.25, 0.3) is 0 Å². The average molecular weight is 356 g/mol. The summed E-state index contributed by atoms with van der Waals surface area (Å²) in [6.45, 7) is 7.62. The highest BCUT2D eigenvalue weighted by Crippen LogP contribution is 2.27. The second kappa shape index (κ2) is 7.09. The molecule has 7 heteroatoms. The number of pyridine rings is 1. The second-order valence-electron chi connectivity index (χ2n) is 5.24. The number of aryl methyl sites for hydroxylation is 1. The zero-order valence-corrected chi connectivity index (χ0v) is 14.0. The SMILES string of the molecule is CCC(/C(N)=N/O)N1CCN(c2nccc(C)c2Br)CC1. The summed E-state index contributed by atoms with van der Waals surface area (Å²) in [6.07, 6.45) is 2.68. The Morgan fingerprint density at radius 3 is 2.71 bits per heavy atom. The Bertz CT molecular complexity index is 514. The Labute approximate surface area is 133 Å². The van der Waals surface area contributed by atoms with E-state index in [1.165, 1.54) is 5.56 Å². The van der Waals surface area contributed by atoms with Crippen LogP contribution < -0.4 is 10.6 Å². The molecule has 1 fully saturated rings. The van der Waals surface area contributed by atoms with Crippen molar-refractivity contribution < 1.29 is 5.21 Å². The number of aromatic nitrogens is 1. The maximum atomic E-state index is 8.87. The molecule has 0 saturated carbocycles. The van der Waals surface area contributed by atoms with E-state index in [2.05, 4.69) is 42.8 Å². The number of amidine groups is 1. The van der Waals surface area contributed by atoms with Gasteiger partial charge in [0.1, 0.15) is 5.82 Å². The fourth-order valence-electron chi connectivity index (χ4n) is 2.71. The first kappa shape index (κ1) is 16.0. The summed E-state index contributed by atoms with van der Waals surface area (Å²) in [6, 6.07) is 2.00. The van der Waals surface area contributed by atoms with Crippen LogP contribution in [-0.4, -0.2) is 53.1 Å². The normalized spacial score (nSPS) is 18.8. The summed E-state index contributed by atoms with van der Waals surface area (Å²) >= 11 is 3.62. The first-order chi connectivity index (χ1) is 10.1. The van der Waals surface area contributed by atoms with Crippen molar-refractivity contribution in [1.82, 2.24) is 9.88 Å². The van der Waals surface area contributed by atoms with Gasteiger partial charge in [-0.1, -0.05) is 12.1 Å². The second-order valence-corrected chi connectivity index (χ2v) is 6.03. The predicted octanol–water partition coefficient (Wildman–Crippen LogP) is 1.80. The van der Waals surface area contributed by atoms with E-state index in [1.54, 1.807) is 0 Å². The van der Waals surface area contributed by atoms with E-state index < -0.39 is 0 Å². The number of nitrogens with zero attached hydrogens (tertiary/aromatic N) is 4. The van der Waals surface area contributed by atoms with Crippen LogP contribution >= 0.6 is 15.9 Å². The smallest absolute Gasteiger partial charge is 0.156 e. The zero-order valence-electron chi connectivity index (χ0n) is 12.5. The fraction of sp³-hybridized carbons (Fsp3) is 0.571. The van der Waals surface area contributed by atoms with Crippen molar-refractivity contribution in [3.05, 3.63) is 22.3 Å². The molecule has 1 aromatic heterocycles. The number of halogens is 1. The van der Waals surface area contributed by atoms with Gasteiger partial charge in [-0.05, 0) is 40.9 Å². The fourth-order valence-corrected chi connectivity index (χ4v) is 3.20. The van der Waals surface area contributed by atoms with Crippen LogP contribution in [0.1, 0.15) is 18.9 Å². The molecule has 1 saturated heterocycles. The largest absolute Gasteiger partial charge is 0.409 e. The van der Waals surface area contributed by atoms with Crippen LogP contribution in [-0.2, 0) is 0 Å². The Balaban J connectivity index is 2.05. The van der Waals surface area contributed by atoms with Crippen LogP contribution in [0.5, 0.6) is 0 Å². The molecule has 0 amide bonds. The monoisotopic (exact) mass is 355 g/mol. The molecule has 2 heterocycles. The van der Waals surface area contributed by atoms with Crippen molar-refractivity contribution in [2.24, 2.45) is 10.9 Å². The number of oxime groups is 1. The van der Waals surface area contributed by atoms with Gasteiger partial charge in [-0.2, -0.15) is 0 Å². The molecule has 3 N–H and O–H groups in total. The minimum Gasteiger partial charge on any atom is -0.409 e. The average Bonchev–Trinajstić information content (AvgIpc) is 2.51. The molecule has 0 radical (unpaired) electrons. The third-order valence-corrected chi connectivity index (χ3v) is 4.94. The van der Waals surface area contributed by atoms with Crippen molar-refractivity contribution in [3.8, 4) is 0 Å². The minimum atomic E-state index is 0.00561. The van der Waals surface area contributed by atoms with Crippen molar-refractivity contribution >= 4 is 27.6 Å². The summed E-state index contributed by atoms with van der Waals surface area (Å²) in [4.78, 5) is 9.01. The summed E-state index contributed by atoms with van der Waals surface area (Å²) in [5, 5.41) is 12.0. The molecule has 0 aromatic carbocycles. The van der Waals surface area contributed by atoms with E-state index in [-0.39, 0.29) is 6.04 Å². The number of piperazine rings is 1. The first-order valence-corrected chi connectivity index (χ1v) is 7.95. The van der Waals surface area contributed by atoms with Gasteiger partial charge in [0.2, 0.25) is 0 Å². The number of rotatable bonds is 4. The van der Waals surface area contributed by atoms with Gasteiger partial charge in [0.05, 0.1) is 10.5 Å². The van der Waals surface area contributed by atoms with Crippen molar-refractivity contribution in [2.45, 2.75) is 26.3 Å². The topological polar surface area (TPSA) is 78.0 Å². The van der Waals surface area contributed by atoms with E-state index >= 15 is 0 Å². The number of nitrogens with two attached hydrogens (primary N) is 1. The van der Waals surface area contributed by atoms with Gasteiger partial charge < -0.3 is 15.8 Å². The van der Waals surface area contributed by atoms with Crippen LogP contribution in [0.4, 0.5) is 5.82 Å². The van der Waals surface area contributed by atoms with Gasteiger partial charge in [-0.15, -0.1) is 0 Å². The highest BCUT2D eigenvalue weighted by molar-refractivity contribution is 9.10. The van der Waals surface area contributed by atoms with Crippen molar-refractivity contribution in [1.29, 1.82) is 0 Å². The van der Waals surface area contributed by atoms with Crippen LogP contribution in [0.15, 0.2) is 21.9 Å². The molecule has 1 aliphatic heterocycles. The molecule has 1 unspecified atom stereocenters. The highest BCUT2D eigenvalue weighted by Gasteiger charge is 2.26. The molecule has 2 rings (SSSR count). The minimum absolute atomic E-state index is 0.00561. The Hall–Kier alpha value is -1.34. The lowest BCUT2D eigenvalue weighted by Gasteiger charge is -2.39. The summed E-state index contributed by atoms with van der Waals surface area (Å²) in [5.74, 6) is 1.28. The first-order valence-electron chi connectivity index (χ1n) is 7.16. The Morgan fingerprint density at radius 2 is 2.14 bits per heavy atom. The van der Waals surface area contributed by atoms with E-state index in [4.69, 9.17) is 10.9 Å². The van der Waals surface area contributed by atoms with E-state index in [1.807, 2.05) is 19.2 Å². The van der Waals surface area contributed by atoms with Crippen LogP contribution in [0.3, 0.4) is 0 Å². The van der Waals surface area contributed by atoms with Gasteiger partial charge in [0.15, 0.2) is 5.84 Å². The molecule has 1 aliphatic rings. The summed E-state index contributed by atoms with van der Waals surface area (Å²) in [7, 11) is 0. The van der Waals surface area contributed by atoms with Gasteiger partial charge in [-0.25, -0.2) is 4.98 Å². The van der Waals surface area contributed by atoms with E-state index in [0.717, 1.165) is 42.9 Å². The highest BCUT2D eigenvalue weighted by atomic mass is 79.9. The maximum Gasteiger partial charge on any atom is 0.156 e. The molecule has 0 aliphatic carbocycles. The standard InChI is InChI=1S/C14H22BrN5O/c1-3-11(13(16)18-21)19-6-8-20(9-7-19)14-12(15)10(2)4-5-17-14/h4-5,11,21H,3,6-9H2,1-2H3,(H2,16,18). The summed E-state index contributed by atoms with van der Waals surface area (Å²) < 4.78 is 1.06. The zero-order chi connectivity index (χ0) is 15.4. The number of hydrogen-bond acceptors (Lipinski definition) is 5. The van der Waals surface area contributed by atoms with Crippen LogP contribution in [0, 0.1) is 6.92 Å². The lowest BCUT2D eigenvalue weighted by molar-refractivity contribution is 0.215.